The fourth-order valence-corrected chi connectivity index (χ4v) is 8.27. The molecule has 0 bridgehead atoms. The smallest absolute Gasteiger partial charge is 0.424 e. The molecule has 16 nitrogen and oxygen atoms in total. The number of carbonyl (C=O) groups excluding carboxylic acids is 4. The number of hydrazine groups is 1. The van der Waals surface area contributed by atoms with E-state index in [1.54, 1.807) is 35.9 Å². The average Bonchev–Trinajstić information content (AvgIpc) is 3.82. The maximum atomic E-state index is 13.7. The minimum absolute atomic E-state index is 0.0831. The largest absolute Gasteiger partial charge is 0.447 e. The topological polar surface area (TPSA) is 196 Å². The average molecular weight is 960 g/mol. The van der Waals surface area contributed by atoms with Crippen molar-refractivity contribution in [3.05, 3.63) is 119 Å². The van der Waals surface area contributed by atoms with Crippen molar-refractivity contribution < 1.29 is 73.0 Å². The number of carbonyl (C=O) groups is 4. The predicted octanol–water partition coefficient (Wildman–Crippen LogP) is 5.96. The highest BCUT2D eigenvalue weighted by molar-refractivity contribution is 7.85. The first-order valence-electron chi connectivity index (χ1n) is 20.8. The van der Waals surface area contributed by atoms with Gasteiger partial charge in [-0.05, 0) is 40.5 Å². The first-order valence-corrected chi connectivity index (χ1v) is 22.4. The van der Waals surface area contributed by atoms with Gasteiger partial charge in [-0.3, -0.25) is 18.9 Å². The summed E-state index contributed by atoms with van der Waals surface area (Å²) in [4.78, 5) is 56.0. The van der Waals surface area contributed by atoms with Crippen molar-refractivity contribution in [2.45, 2.75) is 38.3 Å². The van der Waals surface area contributed by atoms with Crippen molar-refractivity contribution in [3.63, 3.8) is 0 Å². The van der Waals surface area contributed by atoms with Crippen molar-refractivity contribution in [2.75, 3.05) is 59.4 Å². The Labute approximate surface area is 381 Å². The highest BCUT2D eigenvalue weighted by atomic mass is 32.2. The zero-order valence-corrected chi connectivity index (χ0v) is 37.0. The molecule has 0 spiro atoms. The molecule has 0 aliphatic heterocycles. The van der Waals surface area contributed by atoms with Crippen molar-refractivity contribution in [1.29, 1.82) is 0 Å². The van der Waals surface area contributed by atoms with E-state index < -0.39 is 93.2 Å². The van der Waals surface area contributed by atoms with Crippen LogP contribution in [-0.2, 0) is 51.8 Å². The number of rotatable bonds is 23. The van der Waals surface area contributed by atoms with E-state index in [0.29, 0.717) is 11.3 Å². The molecule has 0 radical (unpaired) electrons. The fourth-order valence-electron chi connectivity index (χ4n) is 7.49. The Morgan fingerprint density at radius 2 is 1.43 bits per heavy atom. The van der Waals surface area contributed by atoms with Gasteiger partial charge in [-0.1, -0.05) is 48.5 Å². The molecule has 22 heteroatoms. The molecular formula is C45H46F5N5O11S. The van der Waals surface area contributed by atoms with E-state index in [-0.39, 0.29) is 65.0 Å². The van der Waals surface area contributed by atoms with Gasteiger partial charge in [-0.25, -0.2) is 33.0 Å². The number of pyridine rings is 1. The van der Waals surface area contributed by atoms with Crippen LogP contribution < -0.4 is 10.1 Å². The zero-order chi connectivity index (χ0) is 48.4. The SMILES string of the molecule is CN(Cc1cc2cccnc2n1CCC(=O)C[C@@H](CS(=O)(=O)O)C(=O)NCCOCCOCCC(=O)Oc1c(F)c(F)c(F)c(F)c1F)N(C)C(=O)OCC1c2ccccc2-c2ccccc21. The van der Waals surface area contributed by atoms with Crippen LogP contribution in [0, 0.1) is 35.0 Å². The van der Waals surface area contributed by atoms with Gasteiger partial charge < -0.3 is 28.8 Å². The quantitative estimate of drug-likeness (QED) is 0.0114. The van der Waals surface area contributed by atoms with E-state index in [9.17, 15) is 54.1 Å². The van der Waals surface area contributed by atoms with Crippen LogP contribution >= 0.6 is 0 Å². The molecule has 0 saturated heterocycles. The second-order valence-corrected chi connectivity index (χ2v) is 16.9. The molecule has 2 heterocycles. The maximum Gasteiger partial charge on any atom is 0.424 e. The van der Waals surface area contributed by atoms with Crippen molar-refractivity contribution in [2.24, 2.45) is 5.92 Å². The van der Waals surface area contributed by atoms with Crippen LogP contribution in [0.15, 0.2) is 72.9 Å². The summed E-state index contributed by atoms with van der Waals surface area (Å²) < 4.78 is 123. The molecule has 1 aliphatic rings. The molecule has 0 unspecified atom stereocenters. The van der Waals surface area contributed by atoms with Gasteiger partial charge in [0.05, 0.1) is 51.1 Å². The third-order valence-corrected chi connectivity index (χ3v) is 11.7. The van der Waals surface area contributed by atoms with Crippen LogP contribution in [0.2, 0.25) is 0 Å². The van der Waals surface area contributed by atoms with Gasteiger partial charge >= 0.3 is 12.1 Å². The molecule has 6 rings (SSSR count). The van der Waals surface area contributed by atoms with Crippen LogP contribution in [0.25, 0.3) is 22.2 Å². The number of ketones is 1. The lowest BCUT2D eigenvalue weighted by molar-refractivity contribution is -0.136. The van der Waals surface area contributed by atoms with Crippen molar-refractivity contribution >= 4 is 44.9 Å². The molecule has 358 valence electrons. The Balaban J connectivity index is 0.947. The summed E-state index contributed by atoms with van der Waals surface area (Å²) in [6.45, 7) is -0.477. The third-order valence-electron chi connectivity index (χ3n) is 10.9. The van der Waals surface area contributed by atoms with Crippen LogP contribution in [0.1, 0.15) is 42.0 Å². The van der Waals surface area contributed by atoms with E-state index in [1.807, 2.05) is 60.7 Å². The minimum atomic E-state index is -4.70. The second kappa shape index (κ2) is 22.4. The van der Waals surface area contributed by atoms with Crippen LogP contribution in [0.3, 0.4) is 0 Å². The molecule has 2 N–H and O–H groups in total. The standard InChI is InChI=1S/C45H46F5N5O11S/c1-53(54(2)45(59)65-25-35-33-11-5-3-9-31(33)32-10-4-6-12-34(32)35)24-29-22-27-8-7-15-51-43(27)55(29)17-13-30(56)23-28(26-67(60,61)62)44(58)52-16-19-64-21-20-63-18-14-36(57)66-42-40(49)38(47)37(46)39(48)41(42)50/h3-12,15,22,28,35H,13-14,16-21,23-26H2,1-2H3,(H,52,58)(H,60,61,62)/t28-/m0/s1. The Hall–Kier alpha value is -6.33. The fraction of sp³-hybridized carbons (Fsp3) is 0.356. The minimum Gasteiger partial charge on any atom is -0.447 e. The highest BCUT2D eigenvalue weighted by Gasteiger charge is 2.32. The van der Waals surface area contributed by atoms with E-state index in [4.69, 9.17) is 14.2 Å². The number of fused-ring (bicyclic) bond motifs is 4. The number of hydrogen-bond acceptors (Lipinski definition) is 12. The first kappa shape index (κ1) is 50.1. The summed E-state index contributed by atoms with van der Waals surface area (Å²) in [6, 6.07) is 21.5. The number of halogens is 5. The van der Waals surface area contributed by atoms with E-state index in [1.165, 1.54) is 5.01 Å². The molecule has 3 aromatic carbocycles. The lowest BCUT2D eigenvalue weighted by Crippen LogP contribution is -2.41. The van der Waals surface area contributed by atoms with Gasteiger partial charge in [0.1, 0.15) is 18.0 Å². The Morgan fingerprint density at radius 1 is 0.821 bits per heavy atom. The van der Waals surface area contributed by atoms with Gasteiger partial charge in [0, 0.05) is 63.2 Å². The van der Waals surface area contributed by atoms with Crippen molar-refractivity contribution in [1.82, 2.24) is 24.9 Å². The summed E-state index contributed by atoms with van der Waals surface area (Å²) in [5.74, 6) is -18.6. The summed E-state index contributed by atoms with van der Waals surface area (Å²) in [7, 11) is -1.42. The molecule has 67 heavy (non-hydrogen) atoms. The van der Waals surface area contributed by atoms with Gasteiger partial charge in [-0.15, -0.1) is 0 Å². The molecule has 1 aliphatic carbocycles. The molecule has 2 aromatic heterocycles. The first-order chi connectivity index (χ1) is 31.9. The number of esters is 1. The van der Waals surface area contributed by atoms with Gasteiger partial charge in [0.15, 0.2) is 0 Å². The van der Waals surface area contributed by atoms with Crippen LogP contribution in [0.4, 0.5) is 26.7 Å². The van der Waals surface area contributed by atoms with Gasteiger partial charge in [0.2, 0.25) is 40.7 Å². The zero-order valence-electron chi connectivity index (χ0n) is 36.2. The monoisotopic (exact) mass is 959 g/mol. The van der Waals surface area contributed by atoms with E-state index in [0.717, 1.165) is 27.6 Å². The Morgan fingerprint density at radius 3 is 2.07 bits per heavy atom. The highest BCUT2D eigenvalue weighted by Crippen LogP contribution is 2.44. The number of aryl methyl sites for hydroxylation is 1. The molecule has 5 aromatic rings. The Kier molecular flexibility index (Phi) is 16.8. The predicted molar refractivity (Wildman–Crippen MR) is 229 cm³/mol. The number of hydrogen-bond donors (Lipinski definition) is 2. The normalized spacial score (nSPS) is 12.8. The number of benzene rings is 3. The molecule has 1 atom stereocenters. The number of ether oxygens (including phenoxy) is 4. The molecule has 0 fully saturated rings. The number of nitrogens with one attached hydrogen (secondary N) is 1. The third kappa shape index (κ3) is 12.6. The Bertz CT molecular complexity index is 2670. The summed E-state index contributed by atoms with van der Waals surface area (Å²) in [5.41, 5.74) is 5.59. The lowest BCUT2D eigenvalue weighted by Gasteiger charge is -2.28. The number of aromatic nitrogens is 2. The van der Waals surface area contributed by atoms with Crippen LogP contribution in [0.5, 0.6) is 5.75 Å². The molecular weight excluding hydrogens is 914 g/mol. The maximum absolute atomic E-state index is 13.7. The second-order valence-electron chi connectivity index (χ2n) is 15.4. The van der Waals surface area contributed by atoms with Crippen LogP contribution in [-0.4, -0.2) is 116 Å². The molecule has 2 amide bonds. The summed E-state index contributed by atoms with van der Waals surface area (Å²) in [5, 5.41) is 6.21. The van der Waals surface area contributed by atoms with Gasteiger partial charge in [0.25, 0.3) is 10.1 Å². The number of Topliss-reactive ketones (excluding diaryl/α,β-unsaturated/α-hetero) is 1. The summed E-state index contributed by atoms with van der Waals surface area (Å²) >= 11 is 0. The number of amides is 2. The number of nitrogens with zero attached hydrogens (tertiary/aromatic N) is 4. The lowest BCUT2D eigenvalue weighted by atomic mass is 9.98. The summed E-state index contributed by atoms with van der Waals surface area (Å²) in [6.07, 6.45) is -0.290. The van der Waals surface area contributed by atoms with E-state index >= 15 is 0 Å². The van der Waals surface area contributed by atoms with Gasteiger partial charge in [-0.2, -0.15) is 17.2 Å². The van der Waals surface area contributed by atoms with E-state index in [2.05, 4.69) is 15.0 Å². The van der Waals surface area contributed by atoms with Crippen molar-refractivity contribution in [3.8, 4) is 16.9 Å². The molecule has 0 saturated carbocycles.